The van der Waals surface area contributed by atoms with Gasteiger partial charge in [0, 0.05) is 6.42 Å². The van der Waals surface area contributed by atoms with Gasteiger partial charge in [0.2, 0.25) is 11.8 Å². The summed E-state index contributed by atoms with van der Waals surface area (Å²) >= 11 is 0. The number of nitrogens with one attached hydrogen (secondary N) is 3. The zero-order valence-corrected chi connectivity index (χ0v) is 16.3. The molecule has 7 N–H and O–H groups in total. The van der Waals surface area contributed by atoms with Gasteiger partial charge in [-0.05, 0) is 44.1 Å². The molecule has 1 aliphatic heterocycles. The van der Waals surface area contributed by atoms with Crippen molar-refractivity contribution in [3.8, 4) is 0 Å². The van der Waals surface area contributed by atoms with Crippen molar-refractivity contribution < 1.29 is 33.6 Å². The Labute approximate surface area is 163 Å². The normalized spacial score (nSPS) is 18.8. The Kier molecular flexibility index (Phi) is 8.78. The molecule has 0 aromatic rings. The highest BCUT2D eigenvalue weighted by Crippen LogP contribution is 2.30. The zero-order valence-electron chi connectivity index (χ0n) is 15.5. The molecule has 0 aliphatic carbocycles. The molecule has 13 heteroatoms. The third-order valence-corrected chi connectivity index (χ3v) is 6.09. The van der Waals surface area contributed by atoms with Crippen LogP contribution in [0.3, 0.4) is 0 Å². The zero-order chi connectivity index (χ0) is 21.5. The third kappa shape index (κ3) is 6.42. The number of piperidine rings is 1. The summed E-state index contributed by atoms with van der Waals surface area (Å²) in [5.74, 6) is -4.13. The molecule has 2 amide bonds. The minimum Gasteiger partial charge on any atom is -0.480 e. The van der Waals surface area contributed by atoms with E-state index in [2.05, 4.69) is 10.6 Å². The van der Waals surface area contributed by atoms with Crippen molar-refractivity contribution in [1.29, 1.82) is 4.78 Å². The fraction of sp³-hybridized carbons (Fsp3) is 0.733. The number of carbonyl (C=O) groups is 4. The molecule has 1 aliphatic rings. The number of amides is 2. The maximum absolute atomic E-state index is 12.6. The lowest BCUT2D eigenvalue weighted by atomic mass is 9.87. The Hall–Kier alpha value is -2.25. The first-order valence-electron chi connectivity index (χ1n) is 8.58. The summed E-state index contributed by atoms with van der Waals surface area (Å²) in [6, 6.07) is -2.65. The molecule has 2 unspecified atom stereocenters. The number of likely N-dealkylation sites (tertiary alicyclic amines) is 1. The standard InChI is InChI=1S/C15H26N5O7S/c1-20-6-4-15(5-7-20,28(17)27)12(13(24)18-8-11(22)23)19-10(21)3-2-9(16)14(25)26/h9,12,17H,2-8,16H2,1H3,(H,18,24)(H,19,21)(H,22,23)(H,25,26)/q-1. The second-order valence-corrected chi connectivity index (χ2v) is 8.08. The molecule has 0 bridgehead atoms. The molecule has 1 rings (SSSR count). The summed E-state index contributed by atoms with van der Waals surface area (Å²) in [5, 5.41) is 22.1. The van der Waals surface area contributed by atoms with Gasteiger partial charge < -0.3 is 40.5 Å². The van der Waals surface area contributed by atoms with E-state index in [1.54, 1.807) is 0 Å². The highest BCUT2D eigenvalue weighted by atomic mass is 32.2. The minimum atomic E-state index is -2.25. The average Bonchev–Trinajstić information content (AvgIpc) is 2.62. The van der Waals surface area contributed by atoms with Crippen molar-refractivity contribution in [1.82, 2.24) is 15.5 Å². The molecular formula is C15H26N5O7S-. The van der Waals surface area contributed by atoms with Crippen LogP contribution in [0.15, 0.2) is 0 Å². The topological polar surface area (TPSA) is 203 Å². The first kappa shape index (κ1) is 23.8. The summed E-state index contributed by atoms with van der Waals surface area (Å²) in [6.45, 7) is 0.176. The number of carbonyl (C=O) groups excluding carboxylic acids is 2. The lowest BCUT2D eigenvalue weighted by molar-refractivity contribution is -0.139. The molecule has 0 aromatic heterocycles. The van der Waals surface area contributed by atoms with Crippen molar-refractivity contribution in [3.05, 3.63) is 0 Å². The Morgan fingerprint density at radius 2 is 1.82 bits per heavy atom. The van der Waals surface area contributed by atoms with Crippen LogP contribution in [0.5, 0.6) is 0 Å². The van der Waals surface area contributed by atoms with Crippen LogP contribution in [0.2, 0.25) is 0 Å². The SMILES string of the molecule is CN1CCC(C(NC(=O)CCC(N)C(=O)O)C(=O)NCC(=O)O)([S-](=N)=O)CC1. The molecule has 2 atom stereocenters. The smallest absolute Gasteiger partial charge is 0.322 e. The molecule has 160 valence electrons. The van der Waals surface area contributed by atoms with Crippen LogP contribution < -0.4 is 16.4 Å². The van der Waals surface area contributed by atoms with Crippen molar-refractivity contribution in [2.45, 2.75) is 42.5 Å². The van der Waals surface area contributed by atoms with Crippen LogP contribution in [0.25, 0.3) is 0 Å². The molecular weight excluding hydrogens is 394 g/mol. The number of carboxylic acid groups (broad SMARTS) is 2. The van der Waals surface area contributed by atoms with Crippen LogP contribution in [0.4, 0.5) is 0 Å². The molecule has 1 saturated heterocycles. The lowest BCUT2D eigenvalue weighted by Crippen LogP contribution is -2.63. The quantitative estimate of drug-likeness (QED) is 0.217. The number of rotatable bonds is 10. The summed E-state index contributed by atoms with van der Waals surface area (Å²) < 4.78 is 18.7. The molecule has 0 radical (unpaired) electrons. The molecule has 28 heavy (non-hydrogen) atoms. The highest BCUT2D eigenvalue weighted by molar-refractivity contribution is 7.75. The van der Waals surface area contributed by atoms with E-state index in [0.717, 1.165) is 0 Å². The van der Waals surface area contributed by atoms with Crippen LogP contribution in [-0.4, -0.2) is 82.4 Å². The number of hydrogen-bond donors (Lipinski definition) is 6. The highest BCUT2D eigenvalue weighted by Gasteiger charge is 2.41. The first-order chi connectivity index (χ1) is 13.0. The number of hydrogen-bond acceptors (Lipinski definition) is 9. The van der Waals surface area contributed by atoms with E-state index in [1.165, 1.54) is 0 Å². The van der Waals surface area contributed by atoms with E-state index in [-0.39, 0.29) is 25.7 Å². The van der Waals surface area contributed by atoms with Crippen molar-refractivity contribution >= 4 is 34.3 Å². The van der Waals surface area contributed by atoms with Gasteiger partial charge in [-0.15, -0.1) is 0 Å². The predicted molar refractivity (Wildman–Crippen MR) is 97.7 cm³/mol. The molecule has 0 aromatic carbocycles. The summed E-state index contributed by atoms with van der Waals surface area (Å²) in [4.78, 5) is 48.3. The number of nitrogens with zero attached hydrogens (tertiary/aromatic N) is 1. The fourth-order valence-electron chi connectivity index (χ4n) is 2.92. The van der Waals surface area contributed by atoms with E-state index >= 15 is 0 Å². The van der Waals surface area contributed by atoms with Crippen molar-refractivity contribution in [3.63, 3.8) is 0 Å². The van der Waals surface area contributed by atoms with Gasteiger partial charge >= 0.3 is 11.9 Å². The average molecular weight is 420 g/mol. The Morgan fingerprint density at radius 3 is 2.29 bits per heavy atom. The molecule has 0 saturated carbocycles. The summed E-state index contributed by atoms with van der Waals surface area (Å²) in [6.07, 6.45) is -0.111. The molecule has 12 nitrogen and oxygen atoms in total. The van der Waals surface area contributed by atoms with Crippen LogP contribution in [0, 0.1) is 4.78 Å². The van der Waals surface area contributed by atoms with E-state index < -0.39 is 57.7 Å². The van der Waals surface area contributed by atoms with E-state index in [1.807, 2.05) is 11.9 Å². The predicted octanol–water partition coefficient (Wildman–Crippen LogP) is -1.95. The minimum absolute atomic E-state index is 0.176. The maximum Gasteiger partial charge on any atom is 0.322 e. The third-order valence-electron chi connectivity index (χ3n) is 4.71. The number of aliphatic carboxylic acids is 2. The van der Waals surface area contributed by atoms with Crippen molar-refractivity contribution in [2.24, 2.45) is 5.73 Å². The van der Waals surface area contributed by atoms with Crippen LogP contribution in [-0.2, 0) is 34.0 Å². The Morgan fingerprint density at radius 1 is 1.25 bits per heavy atom. The van der Waals surface area contributed by atoms with Gasteiger partial charge in [-0.2, -0.15) is 10.6 Å². The summed E-state index contributed by atoms with van der Waals surface area (Å²) in [7, 11) is -0.424. The van der Waals surface area contributed by atoms with E-state index in [9.17, 15) is 23.4 Å². The number of nitrogens with two attached hydrogens (primary N) is 1. The van der Waals surface area contributed by atoms with Gasteiger partial charge in [-0.1, -0.05) is 0 Å². The number of carboxylic acids is 2. The largest absolute Gasteiger partial charge is 0.480 e. The molecule has 0 spiro atoms. The maximum atomic E-state index is 12.6. The van der Waals surface area contributed by atoms with E-state index in [0.29, 0.717) is 13.1 Å². The molecule has 1 heterocycles. The molecule has 1 fully saturated rings. The van der Waals surface area contributed by atoms with Gasteiger partial charge in [-0.3, -0.25) is 19.2 Å². The lowest BCUT2D eigenvalue weighted by Gasteiger charge is -2.48. The Bertz CT molecular complexity index is 680. The fourth-order valence-corrected chi connectivity index (χ4v) is 3.86. The second kappa shape index (κ2) is 10.3. The van der Waals surface area contributed by atoms with Gasteiger partial charge in [0.15, 0.2) is 0 Å². The summed E-state index contributed by atoms with van der Waals surface area (Å²) in [5.41, 5.74) is 5.36. The van der Waals surface area contributed by atoms with Crippen LogP contribution >= 0.6 is 0 Å². The first-order valence-corrected chi connectivity index (χ1v) is 9.73. The van der Waals surface area contributed by atoms with E-state index in [4.69, 9.17) is 20.7 Å². The van der Waals surface area contributed by atoms with Crippen LogP contribution in [0.1, 0.15) is 25.7 Å². The van der Waals surface area contributed by atoms with Gasteiger partial charge in [0.05, 0.1) is 6.04 Å². The van der Waals surface area contributed by atoms with Gasteiger partial charge in [0.25, 0.3) is 0 Å². The Balaban J connectivity index is 3.03. The monoisotopic (exact) mass is 420 g/mol. The van der Waals surface area contributed by atoms with Gasteiger partial charge in [0.1, 0.15) is 12.6 Å². The van der Waals surface area contributed by atoms with Crippen molar-refractivity contribution in [2.75, 3.05) is 26.7 Å². The van der Waals surface area contributed by atoms with Gasteiger partial charge in [-0.25, -0.2) is 0 Å². The second-order valence-electron chi connectivity index (χ2n) is 6.73.